The molecule has 1 amide bonds. The summed E-state index contributed by atoms with van der Waals surface area (Å²) in [5.74, 6) is 0.538. The van der Waals surface area contributed by atoms with Crippen LogP contribution in [0.3, 0.4) is 0 Å². The summed E-state index contributed by atoms with van der Waals surface area (Å²) in [6, 6.07) is 18.6. The molecule has 2 aromatic carbocycles. The van der Waals surface area contributed by atoms with Crippen LogP contribution in [-0.4, -0.2) is 22.6 Å². The minimum absolute atomic E-state index is 0.306. The Labute approximate surface area is 157 Å². The Hall–Kier alpha value is -2.92. The number of anilines is 1. The van der Waals surface area contributed by atoms with Gasteiger partial charge in [-0.25, -0.2) is 0 Å². The van der Waals surface area contributed by atoms with Crippen LogP contribution in [0.5, 0.6) is 0 Å². The predicted octanol–water partition coefficient (Wildman–Crippen LogP) is 4.11. The molecule has 0 aliphatic heterocycles. The van der Waals surface area contributed by atoms with Crippen molar-refractivity contribution in [2.24, 2.45) is 5.73 Å². The highest BCUT2D eigenvalue weighted by Crippen LogP contribution is 2.20. The molecule has 0 bridgehead atoms. The topological polar surface area (TPSA) is 80.9 Å². The van der Waals surface area contributed by atoms with Crippen molar-refractivity contribution in [3.8, 4) is 11.3 Å². The quantitative estimate of drug-likeness (QED) is 0.687. The summed E-state index contributed by atoms with van der Waals surface area (Å²) in [5.41, 5.74) is 8.45. The highest BCUT2D eigenvalue weighted by atomic mass is 35.5. The Kier molecular flexibility index (Phi) is 5.49. The zero-order chi connectivity index (χ0) is 18.5. The number of hydrogen-bond donors (Lipinski definition) is 2. The fraction of sp³-hybridized carbons (Fsp3) is 0.150. The molecule has 0 saturated carbocycles. The number of carbonyl (C=O) groups is 1. The molecule has 3 rings (SSSR count). The van der Waals surface area contributed by atoms with Gasteiger partial charge in [-0.15, -0.1) is 10.2 Å². The fourth-order valence-electron chi connectivity index (χ4n) is 2.58. The molecule has 1 unspecified atom stereocenters. The molecule has 0 fully saturated rings. The van der Waals surface area contributed by atoms with Gasteiger partial charge in [-0.3, -0.25) is 4.79 Å². The molecule has 1 atom stereocenters. The number of aromatic nitrogens is 2. The molecule has 3 N–H and O–H groups in total. The predicted molar refractivity (Wildman–Crippen MR) is 104 cm³/mol. The summed E-state index contributed by atoms with van der Waals surface area (Å²) in [7, 11) is 0. The molecule has 0 saturated heterocycles. The van der Waals surface area contributed by atoms with Crippen LogP contribution in [0.1, 0.15) is 28.8 Å². The number of nitrogens with zero attached hydrogens (tertiary/aromatic N) is 2. The molecule has 1 aromatic heterocycles. The zero-order valence-electron chi connectivity index (χ0n) is 14.3. The van der Waals surface area contributed by atoms with Crippen molar-refractivity contribution < 1.29 is 4.79 Å². The Balaban J connectivity index is 1.65. The Bertz CT molecular complexity index is 894. The van der Waals surface area contributed by atoms with Gasteiger partial charge in [0.2, 0.25) is 5.91 Å². The summed E-state index contributed by atoms with van der Waals surface area (Å²) in [6.45, 7) is 2.86. The highest BCUT2D eigenvalue weighted by Gasteiger charge is 2.08. The van der Waals surface area contributed by atoms with E-state index in [1.54, 1.807) is 18.2 Å². The summed E-state index contributed by atoms with van der Waals surface area (Å²) < 4.78 is 0. The van der Waals surface area contributed by atoms with Gasteiger partial charge in [0.05, 0.1) is 5.69 Å². The van der Waals surface area contributed by atoms with Crippen LogP contribution in [0.25, 0.3) is 11.3 Å². The first-order valence-electron chi connectivity index (χ1n) is 8.26. The summed E-state index contributed by atoms with van der Waals surface area (Å²) in [5, 5.41) is 12.5. The van der Waals surface area contributed by atoms with E-state index >= 15 is 0 Å². The van der Waals surface area contributed by atoms with Crippen LogP contribution in [0.15, 0.2) is 60.7 Å². The number of primary amides is 1. The molecule has 1 heterocycles. The monoisotopic (exact) mass is 366 g/mol. The van der Waals surface area contributed by atoms with Gasteiger partial charge in [-0.1, -0.05) is 42.8 Å². The molecule has 0 aliphatic carbocycles. The van der Waals surface area contributed by atoms with Crippen LogP contribution in [0.2, 0.25) is 5.02 Å². The summed E-state index contributed by atoms with van der Waals surface area (Å²) in [6.07, 6.45) is 0. The molecule has 0 radical (unpaired) electrons. The maximum Gasteiger partial charge on any atom is 0.248 e. The summed E-state index contributed by atoms with van der Waals surface area (Å²) in [4.78, 5) is 11.3. The number of rotatable bonds is 6. The lowest BCUT2D eigenvalue weighted by Crippen LogP contribution is -2.11. The third-order valence-corrected chi connectivity index (χ3v) is 4.39. The Morgan fingerprint density at radius 3 is 2.54 bits per heavy atom. The van der Waals surface area contributed by atoms with Crippen molar-refractivity contribution in [3.63, 3.8) is 0 Å². The van der Waals surface area contributed by atoms with Gasteiger partial charge < -0.3 is 11.1 Å². The molecule has 26 heavy (non-hydrogen) atoms. The van der Waals surface area contributed by atoms with Gasteiger partial charge in [0, 0.05) is 22.7 Å². The van der Waals surface area contributed by atoms with E-state index in [1.807, 2.05) is 42.5 Å². The van der Waals surface area contributed by atoms with Crippen molar-refractivity contribution in [3.05, 3.63) is 76.8 Å². The molecule has 132 valence electrons. The summed E-state index contributed by atoms with van der Waals surface area (Å²) >= 11 is 5.92. The second-order valence-corrected chi connectivity index (χ2v) is 6.52. The van der Waals surface area contributed by atoms with E-state index in [2.05, 4.69) is 22.4 Å². The number of nitrogens with one attached hydrogen (secondary N) is 1. The molecule has 3 aromatic rings. The molecular formula is C20H19ClN4O. The Morgan fingerprint density at radius 2 is 1.88 bits per heavy atom. The Morgan fingerprint density at radius 1 is 1.12 bits per heavy atom. The first-order valence-corrected chi connectivity index (χ1v) is 8.64. The molecule has 0 spiro atoms. The standard InChI is InChI=1S/C20H19ClN4O/c1-13(14-5-7-17(21)8-6-14)12-23-19-10-9-18(24-25-19)15-3-2-4-16(11-15)20(22)26/h2-11,13H,12H2,1H3,(H2,22,26)(H,23,25). The smallest absolute Gasteiger partial charge is 0.248 e. The van der Waals surface area contributed by atoms with Gasteiger partial charge in [0.25, 0.3) is 0 Å². The van der Waals surface area contributed by atoms with Gasteiger partial charge in [0.15, 0.2) is 0 Å². The third kappa shape index (κ3) is 4.37. The largest absolute Gasteiger partial charge is 0.368 e. The number of nitrogens with two attached hydrogens (primary N) is 1. The second-order valence-electron chi connectivity index (χ2n) is 6.08. The van der Waals surface area contributed by atoms with E-state index in [0.29, 0.717) is 23.0 Å². The molecule has 5 nitrogen and oxygen atoms in total. The number of amides is 1. The SMILES string of the molecule is CC(CNc1ccc(-c2cccc(C(N)=O)c2)nn1)c1ccc(Cl)cc1. The van der Waals surface area contributed by atoms with Crippen molar-refractivity contribution in [2.75, 3.05) is 11.9 Å². The lowest BCUT2D eigenvalue weighted by molar-refractivity contribution is 0.100. The second kappa shape index (κ2) is 7.97. The van der Waals surface area contributed by atoms with Gasteiger partial charge in [-0.05, 0) is 47.9 Å². The van der Waals surface area contributed by atoms with Crippen molar-refractivity contribution >= 4 is 23.3 Å². The number of benzene rings is 2. The minimum Gasteiger partial charge on any atom is -0.368 e. The molecular weight excluding hydrogens is 348 g/mol. The van der Waals surface area contributed by atoms with Crippen molar-refractivity contribution in [1.82, 2.24) is 10.2 Å². The van der Waals surface area contributed by atoms with Crippen LogP contribution in [0.4, 0.5) is 5.82 Å². The van der Waals surface area contributed by atoms with Crippen LogP contribution >= 0.6 is 11.6 Å². The van der Waals surface area contributed by atoms with Gasteiger partial charge >= 0.3 is 0 Å². The van der Waals surface area contributed by atoms with Crippen LogP contribution in [-0.2, 0) is 0 Å². The maximum absolute atomic E-state index is 11.3. The molecule has 0 aliphatic rings. The average molecular weight is 367 g/mol. The van der Waals surface area contributed by atoms with E-state index in [4.69, 9.17) is 17.3 Å². The number of carbonyl (C=O) groups excluding carboxylic acids is 1. The van der Waals surface area contributed by atoms with Crippen LogP contribution in [0, 0.1) is 0 Å². The van der Waals surface area contributed by atoms with Crippen molar-refractivity contribution in [2.45, 2.75) is 12.8 Å². The number of hydrogen-bond acceptors (Lipinski definition) is 4. The van der Waals surface area contributed by atoms with E-state index < -0.39 is 5.91 Å². The van der Waals surface area contributed by atoms with Gasteiger partial charge in [-0.2, -0.15) is 0 Å². The number of halogens is 1. The van der Waals surface area contributed by atoms with Crippen LogP contribution < -0.4 is 11.1 Å². The van der Waals surface area contributed by atoms with E-state index in [1.165, 1.54) is 5.56 Å². The maximum atomic E-state index is 11.3. The lowest BCUT2D eigenvalue weighted by atomic mass is 10.0. The third-order valence-electron chi connectivity index (χ3n) is 4.14. The fourth-order valence-corrected chi connectivity index (χ4v) is 2.71. The first-order chi connectivity index (χ1) is 12.5. The lowest BCUT2D eigenvalue weighted by Gasteiger charge is -2.13. The zero-order valence-corrected chi connectivity index (χ0v) is 15.1. The first kappa shape index (κ1) is 17.9. The van der Waals surface area contributed by atoms with E-state index in [0.717, 1.165) is 17.1 Å². The van der Waals surface area contributed by atoms with E-state index in [-0.39, 0.29) is 0 Å². The highest BCUT2D eigenvalue weighted by molar-refractivity contribution is 6.30. The average Bonchev–Trinajstić information content (AvgIpc) is 2.67. The normalized spacial score (nSPS) is 11.8. The molecule has 6 heteroatoms. The van der Waals surface area contributed by atoms with E-state index in [9.17, 15) is 4.79 Å². The van der Waals surface area contributed by atoms with Crippen molar-refractivity contribution in [1.29, 1.82) is 0 Å². The van der Waals surface area contributed by atoms with Gasteiger partial charge in [0.1, 0.15) is 5.82 Å². The minimum atomic E-state index is -0.464.